The first-order chi connectivity index (χ1) is 5.31. The molecule has 0 aromatic heterocycles. The molecule has 0 bridgehead atoms. The molecule has 68 valence electrons. The molecule has 2 nitrogen and oxygen atoms in total. The van der Waals surface area contributed by atoms with Gasteiger partial charge in [-0.3, -0.25) is 0 Å². The van der Waals surface area contributed by atoms with Crippen LogP contribution in [0.1, 0.15) is 6.42 Å². The molecule has 0 aliphatic rings. The highest BCUT2D eigenvalue weighted by atomic mass is 79.9. The van der Waals surface area contributed by atoms with Gasteiger partial charge in [0.1, 0.15) is 0 Å². The summed E-state index contributed by atoms with van der Waals surface area (Å²) in [4.78, 5) is 0. The van der Waals surface area contributed by atoms with Crippen molar-refractivity contribution in [3.05, 3.63) is 0 Å². The van der Waals surface area contributed by atoms with Gasteiger partial charge in [0.15, 0.2) is 0 Å². The zero-order valence-corrected chi connectivity index (χ0v) is 9.16. The second kappa shape index (κ2) is 8.84. The molecule has 1 atom stereocenters. The molecule has 0 saturated carbocycles. The Bertz CT molecular complexity index is 82.8. The van der Waals surface area contributed by atoms with E-state index < -0.39 is 0 Å². The van der Waals surface area contributed by atoms with Crippen molar-refractivity contribution in [3.63, 3.8) is 0 Å². The summed E-state index contributed by atoms with van der Waals surface area (Å²) in [6.07, 6.45) is 0.860. The van der Waals surface area contributed by atoms with Crippen LogP contribution in [0.25, 0.3) is 0 Å². The molecule has 0 fully saturated rings. The number of hydrogen-bond acceptors (Lipinski definition) is 3. The van der Waals surface area contributed by atoms with Crippen LogP contribution in [0.5, 0.6) is 0 Å². The van der Waals surface area contributed by atoms with E-state index in [1.54, 1.807) is 18.9 Å². The lowest BCUT2D eigenvalue weighted by Crippen LogP contribution is -2.11. The third-order valence-corrected chi connectivity index (χ3v) is 3.07. The van der Waals surface area contributed by atoms with Crippen molar-refractivity contribution >= 4 is 27.7 Å². The van der Waals surface area contributed by atoms with Crippen LogP contribution in [-0.4, -0.2) is 41.8 Å². The smallest absolute Gasteiger partial charge is 0.0727 e. The van der Waals surface area contributed by atoms with E-state index in [-0.39, 0.29) is 6.10 Å². The highest BCUT2D eigenvalue weighted by Gasteiger charge is 1.99. The van der Waals surface area contributed by atoms with Crippen molar-refractivity contribution in [1.29, 1.82) is 0 Å². The number of rotatable bonds is 7. The Labute approximate surface area is 80.8 Å². The van der Waals surface area contributed by atoms with Gasteiger partial charge in [0.25, 0.3) is 0 Å². The molecule has 0 aromatic rings. The fourth-order valence-electron chi connectivity index (χ4n) is 0.569. The molecule has 1 N–H and O–H groups in total. The van der Waals surface area contributed by atoms with E-state index in [0.29, 0.717) is 5.33 Å². The fraction of sp³-hybridized carbons (Fsp3) is 1.00. The van der Waals surface area contributed by atoms with Gasteiger partial charge < -0.3 is 9.84 Å². The standard InChI is InChI=1S/C7H15BrO2S/c1-10-3-2-4-11-6-7(9)5-8/h7,9H,2-6H2,1H3. The number of ether oxygens (including phenoxy) is 1. The number of hydrogen-bond donors (Lipinski definition) is 1. The van der Waals surface area contributed by atoms with Gasteiger partial charge in [0, 0.05) is 24.8 Å². The normalized spacial score (nSPS) is 13.4. The summed E-state index contributed by atoms with van der Waals surface area (Å²) < 4.78 is 4.89. The first-order valence-electron chi connectivity index (χ1n) is 3.62. The van der Waals surface area contributed by atoms with Crippen LogP contribution < -0.4 is 0 Å². The summed E-state index contributed by atoms with van der Waals surface area (Å²) in [6.45, 7) is 0.817. The summed E-state index contributed by atoms with van der Waals surface area (Å²) in [5.41, 5.74) is 0. The third kappa shape index (κ3) is 8.66. The van der Waals surface area contributed by atoms with Gasteiger partial charge >= 0.3 is 0 Å². The van der Waals surface area contributed by atoms with E-state index in [0.717, 1.165) is 24.5 Å². The lowest BCUT2D eigenvalue weighted by Gasteiger charge is -2.05. The fourth-order valence-corrected chi connectivity index (χ4v) is 1.98. The number of methoxy groups -OCH3 is 1. The molecule has 0 amide bonds. The van der Waals surface area contributed by atoms with Crippen molar-refractivity contribution in [3.8, 4) is 0 Å². The number of halogens is 1. The van der Waals surface area contributed by atoms with Crippen LogP contribution >= 0.6 is 27.7 Å². The number of alkyl halides is 1. The summed E-state index contributed by atoms with van der Waals surface area (Å²) in [7, 11) is 1.71. The topological polar surface area (TPSA) is 29.5 Å². The van der Waals surface area contributed by atoms with Crippen LogP contribution in [0.3, 0.4) is 0 Å². The lowest BCUT2D eigenvalue weighted by molar-refractivity contribution is 0.200. The van der Waals surface area contributed by atoms with Crippen LogP contribution in [0.4, 0.5) is 0 Å². The lowest BCUT2D eigenvalue weighted by atomic mass is 10.5. The van der Waals surface area contributed by atoms with Crippen molar-refractivity contribution in [2.75, 3.05) is 30.6 Å². The van der Waals surface area contributed by atoms with Gasteiger partial charge in [-0.1, -0.05) is 15.9 Å². The van der Waals surface area contributed by atoms with E-state index in [9.17, 15) is 0 Å². The molecule has 1 unspecified atom stereocenters. The molecule has 0 saturated heterocycles. The first-order valence-corrected chi connectivity index (χ1v) is 5.89. The van der Waals surface area contributed by atoms with Gasteiger partial charge in [-0.2, -0.15) is 11.8 Å². The highest BCUT2D eigenvalue weighted by molar-refractivity contribution is 9.09. The minimum Gasteiger partial charge on any atom is -0.391 e. The molecule has 0 radical (unpaired) electrons. The molecule has 0 rings (SSSR count). The molecular formula is C7H15BrO2S. The largest absolute Gasteiger partial charge is 0.391 e. The van der Waals surface area contributed by atoms with Gasteiger partial charge in [0.05, 0.1) is 6.10 Å². The summed E-state index contributed by atoms with van der Waals surface area (Å²) >= 11 is 4.98. The molecular weight excluding hydrogens is 228 g/mol. The van der Waals surface area contributed by atoms with Crippen LogP contribution in [0, 0.1) is 0 Å². The van der Waals surface area contributed by atoms with Gasteiger partial charge in [-0.05, 0) is 12.2 Å². The predicted molar refractivity (Wildman–Crippen MR) is 53.6 cm³/mol. The molecule has 0 spiro atoms. The molecule has 0 aromatic carbocycles. The van der Waals surface area contributed by atoms with E-state index >= 15 is 0 Å². The zero-order chi connectivity index (χ0) is 8.53. The number of thioether (sulfide) groups is 1. The Hall–Kier alpha value is 0.750. The Morgan fingerprint density at radius 1 is 1.64 bits per heavy atom. The number of aliphatic hydroxyl groups is 1. The predicted octanol–water partition coefficient (Wildman–Crippen LogP) is 1.51. The number of aliphatic hydroxyl groups excluding tert-OH is 1. The van der Waals surface area contributed by atoms with Gasteiger partial charge in [-0.15, -0.1) is 0 Å². The van der Waals surface area contributed by atoms with Crippen molar-refractivity contribution in [1.82, 2.24) is 0 Å². The SMILES string of the molecule is COCCCSCC(O)CBr. The van der Waals surface area contributed by atoms with Crippen LogP contribution in [0.2, 0.25) is 0 Å². The van der Waals surface area contributed by atoms with E-state index in [1.807, 2.05) is 0 Å². The van der Waals surface area contributed by atoms with E-state index in [1.165, 1.54) is 0 Å². The summed E-state index contributed by atoms with van der Waals surface area (Å²) in [5.74, 6) is 1.88. The maximum atomic E-state index is 9.12. The average Bonchev–Trinajstić information content (AvgIpc) is 2.04. The monoisotopic (exact) mass is 242 g/mol. The highest BCUT2D eigenvalue weighted by Crippen LogP contribution is 2.06. The first kappa shape index (κ1) is 11.8. The Kier molecular flexibility index (Phi) is 9.45. The van der Waals surface area contributed by atoms with Crippen molar-refractivity contribution in [2.45, 2.75) is 12.5 Å². The Morgan fingerprint density at radius 2 is 2.36 bits per heavy atom. The second-order valence-corrected chi connectivity index (χ2v) is 4.03. The quantitative estimate of drug-likeness (QED) is 0.543. The molecule has 0 heterocycles. The van der Waals surface area contributed by atoms with Gasteiger partial charge in [0.2, 0.25) is 0 Å². The summed E-state index contributed by atoms with van der Waals surface area (Å²) in [5, 5.41) is 9.79. The Morgan fingerprint density at radius 3 is 2.91 bits per heavy atom. The van der Waals surface area contributed by atoms with Crippen molar-refractivity contribution in [2.24, 2.45) is 0 Å². The van der Waals surface area contributed by atoms with Gasteiger partial charge in [-0.25, -0.2) is 0 Å². The second-order valence-electron chi connectivity index (χ2n) is 2.23. The minimum atomic E-state index is -0.206. The summed E-state index contributed by atoms with van der Waals surface area (Å²) in [6, 6.07) is 0. The van der Waals surface area contributed by atoms with E-state index in [2.05, 4.69) is 15.9 Å². The van der Waals surface area contributed by atoms with Crippen molar-refractivity contribution < 1.29 is 9.84 Å². The molecule has 4 heteroatoms. The van der Waals surface area contributed by atoms with Crippen LogP contribution in [0.15, 0.2) is 0 Å². The minimum absolute atomic E-state index is 0.206. The average molecular weight is 243 g/mol. The Balaban J connectivity index is 2.89. The zero-order valence-electron chi connectivity index (χ0n) is 6.75. The van der Waals surface area contributed by atoms with Crippen LogP contribution in [-0.2, 0) is 4.74 Å². The molecule has 11 heavy (non-hydrogen) atoms. The van der Waals surface area contributed by atoms with E-state index in [4.69, 9.17) is 9.84 Å². The molecule has 0 aliphatic heterocycles. The maximum absolute atomic E-state index is 9.12. The third-order valence-electron chi connectivity index (χ3n) is 1.13. The molecule has 0 aliphatic carbocycles. The maximum Gasteiger partial charge on any atom is 0.0727 e.